The molecule has 3 aromatic rings. The smallest absolute Gasteiger partial charge is 0.338 e. The Bertz CT molecular complexity index is 1250. The molecule has 0 saturated carbocycles. The van der Waals surface area contributed by atoms with Crippen LogP contribution in [0.4, 0.5) is 5.69 Å². The number of amides is 1. The van der Waals surface area contributed by atoms with Crippen LogP contribution in [-0.2, 0) is 22.5 Å². The number of anilines is 1. The van der Waals surface area contributed by atoms with Crippen LogP contribution in [0.3, 0.4) is 0 Å². The number of carbonyl (C=O) groups excluding carboxylic acids is 3. The van der Waals surface area contributed by atoms with Gasteiger partial charge in [0.2, 0.25) is 0 Å². The van der Waals surface area contributed by atoms with Crippen LogP contribution >= 0.6 is 0 Å². The maximum atomic E-state index is 12.5. The Morgan fingerprint density at radius 1 is 1.17 bits per heavy atom. The topological polar surface area (TPSA) is 107 Å². The first-order valence-corrected chi connectivity index (χ1v) is 9.54. The molecule has 2 heterocycles. The lowest BCUT2D eigenvalue weighted by Crippen LogP contribution is -2.22. The first kappa shape index (κ1) is 19.5. The van der Waals surface area contributed by atoms with Gasteiger partial charge in [-0.3, -0.25) is 19.0 Å². The van der Waals surface area contributed by atoms with Gasteiger partial charge in [-0.15, -0.1) is 0 Å². The highest BCUT2D eigenvalue weighted by Crippen LogP contribution is 2.17. The standard InChI is InChI=1S/C22H19N3O5/c1-13(26)15-5-2-3-6-17(15)24-20(27)12-30-22(29)14-8-9-16-18(11-14)23-19-7-4-10-25(19)21(16)28/h2-3,5-6,8-9,11H,4,7,10,12H2,1H3,(H,24,27). The quantitative estimate of drug-likeness (QED) is 0.516. The monoisotopic (exact) mass is 405 g/mol. The van der Waals surface area contributed by atoms with Crippen LogP contribution in [0.5, 0.6) is 0 Å². The molecule has 0 spiro atoms. The highest BCUT2D eigenvalue weighted by atomic mass is 16.5. The molecule has 0 atom stereocenters. The van der Waals surface area contributed by atoms with Gasteiger partial charge in [-0.2, -0.15) is 0 Å². The second kappa shape index (κ2) is 7.90. The number of nitrogens with zero attached hydrogens (tertiary/aromatic N) is 2. The van der Waals surface area contributed by atoms with Crippen LogP contribution in [0.1, 0.15) is 39.9 Å². The van der Waals surface area contributed by atoms with Gasteiger partial charge in [0.05, 0.1) is 22.2 Å². The molecule has 2 aromatic carbocycles. The van der Waals surface area contributed by atoms with Crippen molar-refractivity contribution < 1.29 is 19.1 Å². The fourth-order valence-electron chi connectivity index (χ4n) is 3.51. The molecule has 0 radical (unpaired) electrons. The zero-order chi connectivity index (χ0) is 21.3. The number of benzene rings is 2. The summed E-state index contributed by atoms with van der Waals surface area (Å²) < 4.78 is 6.74. The average Bonchev–Trinajstić information content (AvgIpc) is 3.21. The zero-order valence-corrected chi connectivity index (χ0v) is 16.3. The summed E-state index contributed by atoms with van der Waals surface area (Å²) in [5.74, 6) is -0.739. The van der Waals surface area contributed by atoms with Gasteiger partial charge in [0, 0.05) is 18.5 Å². The molecule has 1 aliphatic rings. The number of hydrogen-bond acceptors (Lipinski definition) is 6. The molecule has 0 bridgehead atoms. The second-order valence-corrected chi connectivity index (χ2v) is 7.05. The first-order valence-electron chi connectivity index (χ1n) is 9.54. The van der Waals surface area contributed by atoms with Gasteiger partial charge in [0.15, 0.2) is 12.4 Å². The van der Waals surface area contributed by atoms with Gasteiger partial charge in [-0.05, 0) is 43.7 Å². The van der Waals surface area contributed by atoms with E-state index in [9.17, 15) is 19.2 Å². The minimum atomic E-state index is -0.700. The number of esters is 1. The maximum absolute atomic E-state index is 12.5. The molecule has 30 heavy (non-hydrogen) atoms. The maximum Gasteiger partial charge on any atom is 0.338 e. The second-order valence-electron chi connectivity index (χ2n) is 7.05. The molecular weight excluding hydrogens is 386 g/mol. The summed E-state index contributed by atoms with van der Waals surface area (Å²) >= 11 is 0. The Hall–Kier alpha value is -3.81. The third kappa shape index (κ3) is 3.71. The van der Waals surface area contributed by atoms with Gasteiger partial charge in [0.1, 0.15) is 5.82 Å². The third-order valence-electron chi connectivity index (χ3n) is 4.97. The normalized spacial score (nSPS) is 12.4. The van der Waals surface area contributed by atoms with Crippen LogP contribution in [0, 0.1) is 0 Å². The number of aryl methyl sites for hydroxylation is 1. The minimum absolute atomic E-state index is 0.115. The number of rotatable bonds is 5. The third-order valence-corrected chi connectivity index (χ3v) is 4.97. The number of nitrogens with one attached hydrogen (secondary N) is 1. The van der Waals surface area contributed by atoms with E-state index in [2.05, 4.69) is 10.3 Å². The number of carbonyl (C=O) groups is 3. The Morgan fingerprint density at radius 2 is 1.97 bits per heavy atom. The summed E-state index contributed by atoms with van der Waals surface area (Å²) in [7, 11) is 0. The molecule has 8 nitrogen and oxygen atoms in total. The minimum Gasteiger partial charge on any atom is -0.452 e. The molecule has 1 aliphatic heterocycles. The largest absolute Gasteiger partial charge is 0.452 e. The van der Waals surface area contributed by atoms with Crippen molar-refractivity contribution in [3.63, 3.8) is 0 Å². The summed E-state index contributed by atoms with van der Waals surface area (Å²) in [4.78, 5) is 53.1. The molecule has 0 fully saturated rings. The number of aromatic nitrogens is 2. The Balaban J connectivity index is 1.46. The SMILES string of the molecule is CC(=O)c1ccccc1NC(=O)COC(=O)c1ccc2c(=O)n3c(nc2c1)CCC3. The van der Waals surface area contributed by atoms with E-state index in [0.29, 0.717) is 34.5 Å². The fraction of sp³-hybridized carbons (Fsp3) is 0.227. The number of Topliss-reactive ketones (excluding diaryl/α,β-unsaturated/α-hetero) is 1. The van der Waals surface area contributed by atoms with Crippen LogP contribution in [0.25, 0.3) is 10.9 Å². The van der Waals surface area contributed by atoms with E-state index < -0.39 is 18.5 Å². The van der Waals surface area contributed by atoms with E-state index in [1.807, 2.05) is 0 Å². The van der Waals surface area contributed by atoms with Gasteiger partial charge < -0.3 is 10.1 Å². The molecule has 152 valence electrons. The van der Waals surface area contributed by atoms with Gasteiger partial charge in [-0.25, -0.2) is 9.78 Å². The lowest BCUT2D eigenvalue weighted by Gasteiger charge is -2.10. The van der Waals surface area contributed by atoms with Crippen molar-refractivity contribution in [2.75, 3.05) is 11.9 Å². The fourth-order valence-corrected chi connectivity index (χ4v) is 3.51. The number of para-hydroxylation sites is 1. The molecule has 0 saturated heterocycles. The molecule has 1 amide bonds. The van der Waals surface area contributed by atoms with Gasteiger partial charge in [0.25, 0.3) is 11.5 Å². The summed E-state index contributed by atoms with van der Waals surface area (Å²) in [6.45, 7) is 1.55. The van der Waals surface area contributed by atoms with E-state index in [-0.39, 0.29) is 16.9 Å². The molecule has 4 rings (SSSR count). The van der Waals surface area contributed by atoms with Gasteiger partial charge >= 0.3 is 5.97 Å². The number of ether oxygens (including phenoxy) is 1. The molecular formula is C22H19N3O5. The highest BCUT2D eigenvalue weighted by Gasteiger charge is 2.18. The van der Waals surface area contributed by atoms with Gasteiger partial charge in [-0.1, -0.05) is 12.1 Å². The van der Waals surface area contributed by atoms with Crippen molar-refractivity contribution in [2.24, 2.45) is 0 Å². The molecule has 8 heteroatoms. The number of hydrogen-bond donors (Lipinski definition) is 1. The van der Waals surface area contributed by atoms with Crippen LogP contribution < -0.4 is 10.9 Å². The van der Waals surface area contributed by atoms with Crippen molar-refractivity contribution >= 4 is 34.3 Å². The van der Waals surface area contributed by atoms with Crippen molar-refractivity contribution in [2.45, 2.75) is 26.3 Å². The van der Waals surface area contributed by atoms with E-state index >= 15 is 0 Å². The molecule has 0 unspecified atom stereocenters. The highest BCUT2D eigenvalue weighted by molar-refractivity contribution is 6.04. The predicted octanol–water partition coefficient (Wildman–Crippen LogP) is 2.34. The van der Waals surface area contributed by atoms with E-state index in [4.69, 9.17) is 4.74 Å². The van der Waals surface area contributed by atoms with Crippen molar-refractivity contribution in [3.8, 4) is 0 Å². The number of ketones is 1. The summed E-state index contributed by atoms with van der Waals surface area (Å²) in [5.41, 5.74) is 1.25. The Labute approximate surface area is 171 Å². The van der Waals surface area contributed by atoms with E-state index in [1.165, 1.54) is 19.1 Å². The summed E-state index contributed by atoms with van der Waals surface area (Å²) in [5, 5.41) is 3.01. The molecule has 1 N–H and O–H groups in total. The van der Waals surface area contributed by atoms with Crippen molar-refractivity contribution in [1.82, 2.24) is 9.55 Å². The molecule has 1 aromatic heterocycles. The predicted molar refractivity (Wildman–Crippen MR) is 110 cm³/mol. The lowest BCUT2D eigenvalue weighted by molar-refractivity contribution is -0.119. The lowest BCUT2D eigenvalue weighted by atomic mass is 10.1. The van der Waals surface area contributed by atoms with Crippen LogP contribution in [0.2, 0.25) is 0 Å². The average molecular weight is 405 g/mol. The van der Waals surface area contributed by atoms with Crippen LogP contribution in [-0.4, -0.2) is 33.8 Å². The summed E-state index contributed by atoms with van der Waals surface area (Å²) in [6.07, 6.45) is 1.59. The zero-order valence-electron chi connectivity index (χ0n) is 16.3. The van der Waals surface area contributed by atoms with E-state index in [0.717, 1.165) is 12.8 Å². The van der Waals surface area contributed by atoms with Crippen LogP contribution in [0.15, 0.2) is 47.3 Å². The van der Waals surface area contributed by atoms with Crippen molar-refractivity contribution in [1.29, 1.82) is 0 Å². The summed E-state index contributed by atoms with van der Waals surface area (Å²) in [6, 6.07) is 11.1. The van der Waals surface area contributed by atoms with E-state index in [1.54, 1.807) is 34.9 Å². The van der Waals surface area contributed by atoms with Crippen molar-refractivity contribution in [3.05, 3.63) is 69.8 Å². The first-order chi connectivity index (χ1) is 14.4. The number of fused-ring (bicyclic) bond motifs is 2. The Kier molecular flexibility index (Phi) is 5.14. The molecule has 0 aliphatic carbocycles. The Morgan fingerprint density at radius 3 is 2.77 bits per heavy atom.